The highest BCUT2D eigenvalue weighted by Crippen LogP contribution is 2.17. The molecule has 1 heterocycles. The Morgan fingerprint density at radius 2 is 2.36 bits per heavy atom. The SMILES string of the molecule is O=C(O)C1CCCCN1CP. The van der Waals surface area contributed by atoms with E-state index in [0.29, 0.717) is 0 Å². The maximum atomic E-state index is 10.7. The molecule has 0 saturated carbocycles. The molecule has 0 amide bonds. The molecular formula is C7H14NO2P. The van der Waals surface area contributed by atoms with Gasteiger partial charge in [0.25, 0.3) is 0 Å². The number of hydrogen-bond donors (Lipinski definition) is 1. The zero-order chi connectivity index (χ0) is 8.27. The summed E-state index contributed by atoms with van der Waals surface area (Å²) in [5, 5.41) is 8.79. The van der Waals surface area contributed by atoms with Gasteiger partial charge >= 0.3 is 5.97 Å². The van der Waals surface area contributed by atoms with E-state index >= 15 is 0 Å². The van der Waals surface area contributed by atoms with Crippen molar-refractivity contribution < 1.29 is 9.90 Å². The van der Waals surface area contributed by atoms with E-state index in [9.17, 15) is 4.79 Å². The summed E-state index contributed by atoms with van der Waals surface area (Å²) in [7, 11) is 2.58. The first-order chi connectivity index (χ1) is 5.25. The topological polar surface area (TPSA) is 40.5 Å². The maximum absolute atomic E-state index is 10.7. The molecule has 0 aromatic rings. The number of likely N-dealkylation sites (tertiary alicyclic amines) is 1. The Balaban J connectivity index is 2.51. The fraction of sp³-hybridized carbons (Fsp3) is 0.857. The molecule has 0 aliphatic carbocycles. The van der Waals surface area contributed by atoms with Crippen molar-refractivity contribution >= 4 is 15.2 Å². The Hall–Kier alpha value is -0.140. The molecule has 0 aromatic heterocycles. The van der Waals surface area contributed by atoms with Crippen LogP contribution in [0, 0.1) is 0 Å². The average Bonchev–Trinajstić information content (AvgIpc) is 2.04. The van der Waals surface area contributed by atoms with Crippen LogP contribution in [0.25, 0.3) is 0 Å². The molecule has 64 valence electrons. The van der Waals surface area contributed by atoms with Crippen LogP contribution in [0.5, 0.6) is 0 Å². The zero-order valence-electron chi connectivity index (χ0n) is 6.49. The van der Waals surface area contributed by atoms with E-state index in [1.54, 1.807) is 0 Å². The van der Waals surface area contributed by atoms with Gasteiger partial charge in [-0.2, -0.15) is 0 Å². The number of piperidine rings is 1. The minimum atomic E-state index is -0.674. The predicted octanol–water partition coefficient (Wildman–Crippen LogP) is 0.758. The summed E-state index contributed by atoms with van der Waals surface area (Å²) in [4.78, 5) is 12.7. The molecule has 0 spiro atoms. The van der Waals surface area contributed by atoms with E-state index in [1.807, 2.05) is 4.90 Å². The first-order valence-electron chi connectivity index (χ1n) is 3.92. The van der Waals surface area contributed by atoms with E-state index in [-0.39, 0.29) is 6.04 Å². The molecule has 4 heteroatoms. The van der Waals surface area contributed by atoms with E-state index < -0.39 is 5.97 Å². The van der Waals surface area contributed by atoms with Crippen LogP contribution in [0.1, 0.15) is 19.3 Å². The van der Waals surface area contributed by atoms with E-state index in [2.05, 4.69) is 9.24 Å². The van der Waals surface area contributed by atoms with Gasteiger partial charge in [-0.3, -0.25) is 9.69 Å². The maximum Gasteiger partial charge on any atom is 0.320 e. The molecule has 1 fully saturated rings. The number of carboxylic acid groups (broad SMARTS) is 1. The number of rotatable bonds is 2. The highest BCUT2D eigenvalue weighted by Gasteiger charge is 2.26. The normalized spacial score (nSPS) is 26.8. The van der Waals surface area contributed by atoms with Gasteiger partial charge in [0.15, 0.2) is 0 Å². The van der Waals surface area contributed by atoms with Crippen LogP contribution in [0.4, 0.5) is 0 Å². The quantitative estimate of drug-likeness (QED) is 0.630. The smallest absolute Gasteiger partial charge is 0.320 e. The average molecular weight is 175 g/mol. The molecule has 1 aliphatic heterocycles. The van der Waals surface area contributed by atoms with Gasteiger partial charge in [0.05, 0.1) is 0 Å². The highest BCUT2D eigenvalue weighted by molar-refractivity contribution is 7.16. The Morgan fingerprint density at radius 1 is 1.64 bits per heavy atom. The molecule has 11 heavy (non-hydrogen) atoms. The second kappa shape index (κ2) is 4.03. The molecule has 1 aliphatic rings. The lowest BCUT2D eigenvalue weighted by Crippen LogP contribution is -2.43. The molecular weight excluding hydrogens is 161 g/mol. The first kappa shape index (κ1) is 8.95. The van der Waals surface area contributed by atoms with Crippen LogP contribution in [0.15, 0.2) is 0 Å². The van der Waals surface area contributed by atoms with Gasteiger partial charge < -0.3 is 5.11 Å². The lowest BCUT2D eigenvalue weighted by molar-refractivity contribution is -0.144. The highest BCUT2D eigenvalue weighted by atomic mass is 31.0. The van der Waals surface area contributed by atoms with Crippen molar-refractivity contribution in [1.82, 2.24) is 4.90 Å². The number of carbonyl (C=O) groups is 1. The monoisotopic (exact) mass is 175 g/mol. The lowest BCUT2D eigenvalue weighted by Gasteiger charge is -2.31. The molecule has 1 rings (SSSR count). The molecule has 2 atom stereocenters. The summed E-state index contributed by atoms with van der Waals surface area (Å²) in [6.07, 6.45) is 3.77. The second-order valence-corrected chi connectivity index (χ2v) is 3.21. The molecule has 2 unspecified atom stereocenters. The minimum Gasteiger partial charge on any atom is -0.480 e. The Labute approximate surface area is 69.0 Å². The van der Waals surface area contributed by atoms with Crippen molar-refractivity contribution in [2.24, 2.45) is 0 Å². The summed E-state index contributed by atoms with van der Waals surface area (Å²) in [6, 6.07) is -0.235. The van der Waals surface area contributed by atoms with Crippen LogP contribution < -0.4 is 0 Å². The van der Waals surface area contributed by atoms with Gasteiger partial charge in [-0.25, -0.2) is 0 Å². The third kappa shape index (κ3) is 2.14. The third-order valence-electron chi connectivity index (χ3n) is 2.13. The number of carboxylic acids is 1. The van der Waals surface area contributed by atoms with Crippen molar-refractivity contribution in [3.8, 4) is 0 Å². The molecule has 1 saturated heterocycles. The first-order valence-corrected chi connectivity index (χ1v) is 4.74. The van der Waals surface area contributed by atoms with Crippen molar-refractivity contribution in [2.75, 3.05) is 12.8 Å². The molecule has 0 aromatic carbocycles. The number of hydrogen-bond acceptors (Lipinski definition) is 2. The van der Waals surface area contributed by atoms with Crippen molar-refractivity contribution in [1.29, 1.82) is 0 Å². The van der Waals surface area contributed by atoms with Crippen LogP contribution in [-0.2, 0) is 4.79 Å². The van der Waals surface area contributed by atoms with Crippen molar-refractivity contribution in [3.05, 3.63) is 0 Å². The van der Waals surface area contributed by atoms with Gasteiger partial charge in [0.1, 0.15) is 6.04 Å². The molecule has 0 bridgehead atoms. The fourth-order valence-corrected chi connectivity index (χ4v) is 1.93. The van der Waals surface area contributed by atoms with Crippen LogP contribution >= 0.6 is 9.24 Å². The van der Waals surface area contributed by atoms with Crippen molar-refractivity contribution in [2.45, 2.75) is 25.3 Å². The Kier molecular flexibility index (Phi) is 3.28. The van der Waals surface area contributed by atoms with E-state index in [1.165, 1.54) is 0 Å². The Bertz CT molecular complexity index is 151. The molecule has 0 radical (unpaired) electrons. The summed E-state index contributed by atoms with van der Waals surface area (Å²) in [5.74, 6) is -0.674. The van der Waals surface area contributed by atoms with Gasteiger partial charge in [-0.05, 0) is 19.4 Å². The zero-order valence-corrected chi connectivity index (χ0v) is 7.65. The molecule has 3 nitrogen and oxygen atoms in total. The fourth-order valence-electron chi connectivity index (χ4n) is 1.49. The standard InChI is InChI=1S/C7H14NO2P/c9-7(10)6-3-1-2-4-8(6)5-11/h6H,1-5,11H2,(H,9,10). The van der Waals surface area contributed by atoms with Gasteiger partial charge in [0, 0.05) is 6.29 Å². The number of aliphatic carboxylic acids is 1. The summed E-state index contributed by atoms with van der Waals surface area (Å²) in [6.45, 7) is 0.931. The predicted molar refractivity (Wildman–Crippen MR) is 46.6 cm³/mol. The van der Waals surface area contributed by atoms with Gasteiger partial charge in [-0.1, -0.05) is 6.42 Å². The minimum absolute atomic E-state index is 0.235. The Morgan fingerprint density at radius 3 is 2.82 bits per heavy atom. The summed E-state index contributed by atoms with van der Waals surface area (Å²) < 4.78 is 0. The van der Waals surface area contributed by atoms with E-state index in [0.717, 1.165) is 32.1 Å². The van der Waals surface area contributed by atoms with Crippen LogP contribution in [0.2, 0.25) is 0 Å². The van der Waals surface area contributed by atoms with Gasteiger partial charge in [0.2, 0.25) is 0 Å². The van der Waals surface area contributed by atoms with Crippen LogP contribution in [-0.4, -0.2) is 34.8 Å². The molecule has 1 N–H and O–H groups in total. The lowest BCUT2D eigenvalue weighted by atomic mass is 10.0. The van der Waals surface area contributed by atoms with Crippen molar-refractivity contribution in [3.63, 3.8) is 0 Å². The van der Waals surface area contributed by atoms with Crippen LogP contribution in [0.3, 0.4) is 0 Å². The number of nitrogens with zero attached hydrogens (tertiary/aromatic N) is 1. The summed E-state index contributed by atoms with van der Waals surface area (Å²) in [5.41, 5.74) is 0. The third-order valence-corrected chi connectivity index (χ3v) is 2.60. The largest absolute Gasteiger partial charge is 0.480 e. The van der Waals surface area contributed by atoms with E-state index in [4.69, 9.17) is 5.11 Å². The second-order valence-electron chi connectivity index (χ2n) is 2.84. The summed E-state index contributed by atoms with van der Waals surface area (Å²) >= 11 is 0. The van der Waals surface area contributed by atoms with Gasteiger partial charge in [-0.15, -0.1) is 9.24 Å².